The van der Waals surface area contributed by atoms with Crippen LogP contribution in [0.4, 0.5) is 5.82 Å². The molecule has 2 aliphatic heterocycles. The molecule has 0 aromatic carbocycles. The summed E-state index contributed by atoms with van der Waals surface area (Å²) in [6, 6.07) is 2.46. The first kappa shape index (κ1) is 21.1. The topological polar surface area (TPSA) is 81.5 Å². The number of anilines is 1. The van der Waals surface area contributed by atoms with Crippen LogP contribution in [0.25, 0.3) is 0 Å². The first-order valence-corrected chi connectivity index (χ1v) is 11.5. The van der Waals surface area contributed by atoms with Crippen LogP contribution in [0.3, 0.4) is 0 Å². The van der Waals surface area contributed by atoms with Gasteiger partial charge in [0.1, 0.15) is 11.9 Å². The van der Waals surface area contributed by atoms with Crippen LogP contribution in [0.5, 0.6) is 0 Å². The standard InChI is InChI=1S/C23H33N5O2/c1-2-5-21-19-8-3-7-18(19)20(14-24)23(26-21)28-11-9-27(10-12-28)16-22(29)25-15-17-6-4-13-30-17/h17H,2-13,15-16H2,1H3,(H,25,29)/t17-/m0/s1. The molecule has 0 radical (unpaired) electrons. The highest BCUT2D eigenvalue weighted by atomic mass is 16.5. The van der Waals surface area contributed by atoms with E-state index in [4.69, 9.17) is 9.72 Å². The van der Waals surface area contributed by atoms with Gasteiger partial charge in [0.2, 0.25) is 5.91 Å². The molecule has 0 spiro atoms. The third kappa shape index (κ3) is 4.60. The molecule has 162 valence electrons. The monoisotopic (exact) mass is 411 g/mol. The van der Waals surface area contributed by atoms with Gasteiger partial charge in [-0.1, -0.05) is 13.3 Å². The second-order valence-corrected chi connectivity index (χ2v) is 8.63. The van der Waals surface area contributed by atoms with Crippen molar-refractivity contribution < 1.29 is 9.53 Å². The molecule has 0 bridgehead atoms. The number of hydrogen-bond acceptors (Lipinski definition) is 6. The maximum absolute atomic E-state index is 12.3. The van der Waals surface area contributed by atoms with E-state index in [1.807, 2.05) is 0 Å². The van der Waals surface area contributed by atoms with Crippen LogP contribution in [0.2, 0.25) is 0 Å². The summed E-state index contributed by atoms with van der Waals surface area (Å²) in [4.78, 5) is 21.7. The molecule has 2 saturated heterocycles. The summed E-state index contributed by atoms with van der Waals surface area (Å²) in [5.41, 5.74) is 4.54. The second kappa shape index (κ2) is 9.76. The Balaban J connectivity index is 1.36. The third-order valence-electron chi connectivity index (χ3n) is 6.52. The van der Waals surface area contributed by atoms with E-state index in [9.17, 15) is 10.1 Å². The molecule has 4 rings (SSSR count). The summed E-state index contributed by atoms with van der Waals surface area (Å²) in [5.74, 6) is 0.932. The normalized spacial score (nSPS) is 21.5. The van der Waals surface area contributed by atoms with Gasteiger partial charge in [0.05, 0.1) is 18.2 Å². The van der Waals surface area contributed by atoms with Gasteiger partial charge in [-0.3, -0.25) is 9.69 Å². The molecule has 30 heavy (non-hydrogen) atoms. The zero-order chi connectivity index (χ0) is 20.9. The lowest BCUT2D eigenvalue weighted by Crippen LogP contribution is -2.50. The number of pyridine rings is 1. The van der Waals surface area contributed by atoms with Crippen molar-refractivity contribution in [1.82, 2.24) is 15.2 Å². The number of amides is 1. The maximum Gasteiger partial charge on any atom is 0.234 e. The molecule has 7 heteroatoms. The van der Waals surface area contributed by atoms with Crippen molar-refractivity contribution in [2.75, 3.05) is 50.8 Å². The summed E-state index contributed by atoms with van der Waals surface area (Å²) in [5, 5.41) is 12.9. The van der Waals surface area contributed by atoms with E-state index in [1.165, 1.54) is 16.8 Å². The summed E-state index contributed by atoms with van der Waals surface area (Å²) in [7, 11) is 0. The first-order chi connectivity index (χ1) is 14.7. The van der Waals surface area contributed by atoms with Crippen LogP contribution in [0, 0.1) is 11.3 Å². The highest BCUT2D eigenvalue weighted by Crippen LogP contribution is 2.33. The number of fused-ring (bicyclic) bond motifs is 1. The summed E-state index contributed by atoms with van der Waals surface area (Å²) in [6.07, 6.45) is 7.53. The van der Waals surface area contributed by atoms with Crippen LogP contribution in [-0.2, 0) is 28.8 Å². The van der Waals surface area contributed by atoms with Crippen LogP contribution >= 0.6 is 0 Å². The molecular weight excluding hydrogens is 378 g/mol. The molecule has 3 aliphatic rings. The third-order valence-corrected chi connectivity index (χ3v) is 6.52. The van der Waals surface area contributed by atoms with E-state index < -0.39 is 0 Å². The van der Waals surface area contributed by atoms with Crippen LogP contribution < -0.4 is 10.2 Å². The molecule has 1 amide bonds. The van der Waals surface area contributed by atoms with Crippen molar-refractivity contribution in [2.24, 2.45) is 0 Å². The Labute approximate surface area is 179 Å². The Morgan fingerprint density at radius 3 is 2.73 bits per heavy atom. The molecule has 1 aromatic heterocycles. The highest BCUT2D eigenvalue weighted by molar-refractivity contribution is 5.78. The Morgan fingerprint density at radius 2 is 2.03 bits per heavy atom. The minimum atomic E-state index is 0.0672. The largest absolute Gasteiger partial charge is 0.376 e. The van der Waals surface area contributed by atoms with Gasteiger partial charge in [-0.25, -0.2) is 4.98 Å². The van der Waals surface area contributed by atoms with Crippen LogP contribution in [-0.4, -0.2) is 67.8 Å². The second-order valence-electron chi connectivity index (χ2n) is 8.63. The number of aromatic nitrogens is 1. The van der Waals surface area contributed by atoms with Gasteiger partial charge in [-0.05, 0) is 49.7 Å². The molecule has 1 aromatic rings. The van der Waals surface area contributed by atoms with Gasteiger partial charge in [0, 0.05) is 45.0 Å². The quantitative estimate of drug-likeness (QED) is 0.737. The minimum Gasteiger partial charge on any atom is -0.376 e. The first-order valence-electron chi connectivity index (χ1n) is 11.5. The Kier molecular flexibility index (Phi) is 6.86. The predicted molar refractivity (Wildman–Crippen MR) is 116 cm³/mol. The Morgan fingerprint density at radius 1 is 1.23 bits per heavy atom. The lowest BCUT2D eigenvalue weighted by molar-refractivity contribution is -0.122. The average molecular weight is 412 g/mol. The Hall–Kier alpha value is -2.17. The molecule has 2 fully saturated rings. The number of ether oxygens (including phenoxy) is 1. The Bertz CT molecular complexity index is 805. The van der Waals surface area contributed by atoms with Crippen molar-refractivity contribution in [3.05, 3.63) is 22.4 Å². The summed E-state index contributed by atoms with van der Waals surface area (Å²) < 4.78 is 5.57. The zero-order valence-electron chi connectivity index (χ0n) is 18.1. The number of carbonyl (C=O) groups excluding carboxylic acids is 1. The number of piperazine rings is 1. The number of hydrogen-bond donors (Lipinski definition) is 1. The lowest BCUT2D eigenvalue weighted by atomic mass is 10.0. The van der Waals surface area contributed by atoms with E-state index >= 15 is 0 Å². The van der Waals surface area contributed by atoms with Gasteiger partial charge in [-0.15, -0.1) is 0 Å². The fourth-order valence-electron chi connectivity index (χ4n) is 4.92. The van der Waals surface area contributed by atoms with Gasteiger partial charge in [0.15, 0.2) is 0 Å². The van der Waals surface area contributed by atoms with E-state index in [2.05, 4.69) is 28.1 Å². The van der Waals surface area contributed by atoms with Crippen molar-refractivity contribution >= 4 is 11.7 Å². The number of carbonyl (C=O) groups is 1. The highest BCUT2D eigenvalue weighted by Gasteiger charge is 2.28. The van der Waals surface area contributed by atoms with E-state index in [-0.39, 0.29) is 12.0 Å². The molecule has 0 saturated carbocycles. The van der Waals surface area contributed by atoms with Gasteiger partial charge in [-0.2, -0.15) is 5.26 Å². The van der Waals surface area contributed by atoms with Crippen LogP contribution in [0.15, 0.2) is 0 Å². The van der Waals surface area contributed by atoms with Crippen LogP contribution in [0.1, 0.15) is 55.0 Å². The number of nitriles is 1. The van der Waals surface area contributed by atoms with E-state index in [1.54, 1.807) is 0 Å². The van der Waals surface area contributed by atoms with Gasteiger partial charge >= 0.3 is 0 Å². The predicted octanol–water partition coefficient (Wildman–Crippen LogP) is 1.81. The number of aryl methyl sites for hydroxylation is 1. The summed E-state index contributed by atoms with van der Waals surface area (Å²) in [6.45, 7) is 7.23. The fourth-order valence-corrected chi connectivity index (χ4v) is 4.92. The SMILES string of the molecule is CCCc1nc(N2CCN(CC(=O)NC[C@@H]3CCCO3)CC2)c(C#N)c2c1CCC2. The lowest BCUT2D eigenvalue weighted by Gasteiger charge is -2.36. The molecular formula is C23H33N5O2. The average Bonchev–Trinajstić information content (AvgIpc) is 3.45. The van der Waals surface area contributed by atoms with Crippen molar-refractivity contribution in [3.63, 3.8) is 0 Å². The number of rotatable bonds is 7. The molecule has 0 unspecified atom stereocenters. The molecule has 1 atom stereocenters. The van der Waals surface area contributed by atoms with Crippen molar-refractivity contribution in [3.8, 4) is 6.07 Å². The van der Waals surface area contributed by atoms with Crippen molar-refractivity contribution in [2.45, 2.75) is 58.0 Å². The molecule has 3 heterocycles. The van der Waals surface area contributed by atoms with Gasteiger partial charge in [0.25, 0.3) is 0 Å². The molecule has 1 N–H and O–H groups in total. The fraction of sp³-hybridized carbons (Fsp3) is 0.696. The minimum absolute atomic E-state index is 0.0672. The summed E-state index contributed by atoms with van der Waals surface area (Å²) >= 11 is 0. The number of nitrogens with zero attached hydrogens (tertiary/aromatic N) is 4. The van der Waals surface area contributed by atoms with E-state index in [0.717, 1.165) is 89.1 Å². The smallest absolute Gasteiger partial charge is 0.234 e. The molecule has 1 aliphatic carbocycles. The number of nitrogens with one attached hydrogen (secondary N) is 1. The van der Waals surface area contributed by atoms with E-state index in [0.29, 0.717) is 13.1 Å². The van der Waals surface area contributed by atoms with Crippen molar-refractivity contribution in [1.29, 1.82) is 5.26 Å². The maximum atomic E-state index is 12.3. The zero-order valence-corrected chi connectivity index (χ0v) is 18.1. The molecule has 7 nitrogen and oxygen atoms in total. The van der Waals surface area contributed by atoms with Gasteiger partial charge < -0.3 is 15.0 Å².